The van der Waals surface area contributed by atoms with Crippen molar-refractivity contribution < 1.29 is 26.6 Å². The molecule has 2 spiro atoms. The lowest BCUT2D eigenvalue weighted by molar-refractivity contribution is 0.161. The van der Waals surface area contributed by atoms with Crippen LogP contribution in [0.5, 0.6) is 34.5 Å². The van der Waals surface area contributed by atoms with Gasteiger partial charge in [0, 0.05) is 23.2 Å². The molecule has 69 heavy (non-hydrogen) atoms. The molecule has 4 aliphatic rings. The highest BCUT2D eigenvalue weighted by molar-refractivity contribution is 6.69. The van der Waals surface area contributed by atoms with Gasteiger partial charge in [-0.15, -0.1) is 0 Å². The Bertz CT molecular complexity index is 2530. The third-order valence-electron chi connectivity index (χ3n) is 14.9. The lowest BCUT2D eigenvalue weighted by Gasteiger charge is -2.38. The quantitative estimate of drug-likeness (QED) is 0.164. The van der Waals surface area contributed by atoms with Crippen LogP contribution in [0.3, 0.4) is 0 Å². The number of fused-ring (bicyclic) bond motifs is 3. The van der Waals surface area contributed by atoms with Gasteiger partial charge in [-0.3, -0.25) is 0 Å². The molecule has 6 nitrogen and oxygen atoms in total. The number of rotatable bonds is 0. The zero-order chi connectivity index (χ0) is 51.4. The van der Waals surface area contributed by atoms with Gasteiger partial charge in [0.1, 0.15) is 34.5 Å². The molecule has 0 bridgehead atoms. The van der Waals surface area contributed by atoms with Crippen molar-refractivity contribution >= 4 is 17.6 Å². The SMILES string of the molecule is CC(C)(C)c1cc2c(c(C(C)(C)C)c1)O[Si]1(Oc3c-2cc(C(C)(C)C)cc3C(C)(C)C)Oc2c(C(C)(C)C)cc(C(C)(C)C)c3c2-c2c(c(C(C)(C)C)cc(C(C)(C)C)c2O1)O[Si]1(CCCCC1)O3. The van der Waals surface area contributed by atoms with Crippen LogP contribution >= 0.6 is 0 Å². The summed E-state index contributed by atoms with van der Waals surface area (Å²) in [5.41, 5.74) is 10.5. The summed E-state index contributed by atoms with van der Waals surface area (Å²) in [4.78, 5) is 0. The van der Waals surface area contributed by atoms with Crippen LogP contribution in [0, 0.1) is 0 Å². The van der Waals surface area contributed by atoms with E-state index >= 15 is 0 Å². The topological polar surface area (TPSA) is 55.4 Å². The molecule has 0 radical (unpaired) electrons. The molecular weight excluding hydrogens is 885 g/mol. The number of hydrogen-bond acceptors (Lipinski definition) is 6. The summed E-state index contributed by atoms with van der Waals surface area (Å²) in [7, 11) is -7.47. The predicted molar refractivity (Wildman–Crippen MR) is 292 cm³/mol. The van der Waals surface area contributed by atoms with Crippen LogP contribution in [-0.4, -0.2) is 17.6 Å². The van der Waals surface area contributed by atoms with Crippen LogP contribution in [0.15, 0.2) is 36.4 Å². The molecule has 0 saturated carbocycles. The number of benzene rings is 4. The van der Waals surface area contributed by atoms with Crippen molar-refractivity contribution in [1.82, 2.24) is 0 Å². The smallest absolute Gasteiger partial charge is 0.511 e. The average Bonchev–Trinajstić information content (AvgIpc) is 3.46. The second-order valence-electron chi connectivity index (χ2n) is 29.4. The Morgan fingerprint density at radius 2 is 0.551 bits per heavy atom. The molecule has 4 aliphatic heterocycles. The van der Waals surface area contributed by atoms with E-state index in [0.717, 1.165) is 104 Å². The molecule has 1 saturated heterocycles. The summed E-state index contributed by atoms with van der Waals surface area (Å²) in [5, 5.41) is 0. The van der Waals surface area contributed by atoms with Gasteiger partial charge in [0.2, 0.25) is 0 Å². The second-order valence-corrected chi connectivity index (χ2v) is 34.4. The van der Waals surface area contributed by atoms with Gasteiger partial charge >= 0.3 is 17.6 Å². The molecule has 8 rings (SSSR count). The normalized spacial score (nSPS) is 17.9. The Labute approximate surface area is 420 Å². The van der Waals surface area contributed by atoms with Gasteiger partial charge in [-0.1, -0.05) is 185 Å². The van der Waals surface area contributed by atoms with Crippen molar-refractivity contribution in [2.24, 2.45) is 0 Å². The van der Waals surface area contributed by atoms with E-state index in [1.165, 1.54) is 17.5 Å². The first-order chi connectivity index (χ1) is 31.2. The van der Waals surface area contributed by atoms with E-state index in [9.17, 15) is 0 Å². The van der Waals surface area contributed by atoms with Gasteiger partial charge in [0.15, 0.2) is 0 Å². The van der Waals surface area contributed by atoms with Crippen LogP contribution in [0.1, 0.15) is 230 Å². The van der Waals surface area contributed by atoms with Crippen molar-refractivity contribution in [3.63, 3.8) is 0 Å². The average molecular weight is 974 g/mol. The minimum absolute atomic E-state index is 0.155. The van der Waals surface area contributed by atoms with E-state index in [0.29, 0.717) is 11.5 Å². The highest BCUT2D eigenvalue weighted by atomic mass is 28.4. The third kappa shape index (κ3) is 9.18. The Kier molecular flexibility index (Phi) is 11.8. The molecule has 0 aliphatic carbocycles. The molecule has 0 aromatic heterocycles. The molecule has 4 heterocycles. The maximum Gasteiger partial charge on any atom is 0.966 e. The Hall–Kier alpha value is -3.89. The molecule has 8 heteroatoms. The molecule has 4 aromatic rings. The summed E-state index contributed by atoms with van der Waals surface area (Å²) in [6.45, 7) is 55.1. The highest BCUT2D eigenvalue weighted by Crippen LogP contribution is 2.64. The Morgan fingerprint density at radius 1 is 0.290 bits per heavy atom. The number of hydrogen-bond donors (Lipinski definition) is 0. The van der Waals surface area contributed by atoms with Crippen molar-refractivity contribution in [2.45, 2.75) is 241 Å². The molecule has 4 aromatic carbocycles. The van der Waals surface area contributed by atoms with Crippen LogP contribution < -0.4 is 26.6 Å². The largest absolute Gasteiger partial charge is 0.966 e. The Morgan fingerprint density at radius 3 is 0.826 bits per heavy atom. The van der Waals surface area contributed by atoms with Crippen LogP contribution in [0.2, 0.25) is 12.1 Å². The minimum atomic E-state index is -4.55. The van der Waals surface area contributed by atoms with E-state index in [4.69, 9.17) is 26.6 Å². The first-order valence-corrected chi connectivity index (χ1v) is 30.0. The van der Waals surface area contributed by atoms with Gasteiger partial charge in [-0.2, -0.15) is 0 Å². The first-order valence-electron chi connectivity index (χ1n) is 26.1. The maximum atomic E-state index is 8.06. The first kappa shape index (κ1) is 51.5. The van der Waals surface area contributed by atoms with E-state index in [2.05, 4.69) is 203 Å². The molecule has 0 atom stereocenters. The zero-order valence-corrected chi connectivity index (χ0v) is 49.4. The summed E-state index contributed by atoms with van der Waals surface area (Å²) < 4.78 is 47.7. The lowest BCUT2D eigenvalue weighted by atomic mass is 9.74. The maximum absolute atomic E-state index is 8.06. The molecule has 0 unspecified atom stereocenters. The highest BCUT2D eigenvalue weighted by Gasteiger charge is 2.65. The van der Waals surface area contributed by atoms with Crippen molar-refractivity contribution in [3.05, 3.63) is 80.9 Å². The van der Waals surface area contributed by atoms with E-state index in [1.807, 2.05) is 0 Å². The molecule has 376 valence electrons. The standard InChI is InChI=1S/C61H88O6Si2/c1-54(2,3)36-30-38-39-31-37(55(4,5)6)33-41(57(10,11)12)49(39)65-69(64-48(38)40(32-36)56(7,8)9)66-52-44(60(19,20)21)34-42(58(13,14)15)50-46(52)47-51(63-68(62-50)28-26-25-27-29-68)43(59(16,17)18)35-45(53(47)67-69)61(22,23)24/h30-35H,25-29H2,1-24H3. The Balaban J connectivity index is 1.63. The van der Waals surface area contributed by atoms with Gasteiger partial charge in [0.25, 0.3) is 0 Å². The second kappa shape index (κ2) is 15.8. The van der Waals surface area contributed by atoms with Gasteiger partial charge < -0.3 is 26.6 Å². The monoisotopic (exact) mass is 973 g/mol. The van der Waals surface area contributed by atoms with Crippen LogP contribution in [0.25, 0.3) is 22.3 Å². The van der Waals surface area contributed by atoms with Gasteiger partial charge in [-0.05, 0) is 125 Å². The zero-order valence-electron chi connectivity index (χ0n) is 47.4. The van der Waals surface area contributed by atoms with Crippen molar-refractivity contribution in [1.29, 1.82) is 0 Å². The summed E-state index contributed by atoms with van der Waals surface area (Å²) in [6.07, 6.45) is 3.34. The summed E-state index contributed by atoms with van der Waals surface area (Å²) in [6, 6.07) is 16.0. The fourth-order valence-corrected chi connectivity index (χ4v) is 16.1. The molecule has 1 fully saturated rings. The van der Waals surface area contributed by atoms with Gasteiger partial charge in [-0.25, -0.2) is 0 Å². The van der Waals surface area contributed by atoms with Crippen molar-refractivity contribution in [2.75, 3.05) is 0 Å². The third-order valence-corrected chi connectivity index (χ3v) is 20.1. The lowest BCUT2D eigenvalue weighted by Crippen LogP contribution is -2.60. The molecule has 0 N–H and O–H groups in total. The fourth-order valence-electron chi connectivity index (χ4n) is 10.6. The van der Waals surface area contributed by atoms with E-state index in [-0.39, 0.29) is 43.3 Å². The molecule has 0 amide bonds. The van der Waals surface area contributed by atoms with Gasteiger partial charge in [0.05, 0.1) is 11.1 Å². The van der Waals surface area contributed by atoms with Crippen molar-refractivity contribution in [3.8, 4) is 56.8 Å². The van der Waals surface area contributed by atoms with Crippen LogP contribution in [-0.2, 0) is 43.3 Å². The fraction of sp³-hybridized carbons (Fsp3) is 0.607. The predicted octanol–water partition coefficient (Wildman–Crippen LogP) is 17.5. The summed E-state index contributed by atoms with van der Waals surface area (Å²) in [5.74, 6) is 4.63. The van der Waals surface area contributed by atoms with E-state index < -0.39 is 17.6 Å². The summed E-state index contributed by atoms with van der Waals surface area (Å²) >= 11 is 0. The minimum Gasteiger partial charge on any atom is -0.511 e. The van der Waals surface area contributed by atoms with E-state index in [1.54, 1.807) is 0 Å². The van der Waals surface area contributed by atoms with Crippen LogP contribution in [0.4, 0.5) is 0 Å². The molecular formula is C61H88O6Si2.